The molecule has 2 fully saturated rings. The lowest BCUT2D eigenvalue weighted by Gasteiger charge is -2.12. The first-order valence-corrected chi connectivity index (χ1v) is 4.65. The minimum atomic E-state index is 0.152. The number of hydrogen-bond donors (Lipinski definition) is 0. The van der Waals surface area contributed by atoms with Crippen LogP contribution in [0.4, 0.5) is 0 Å². The molecule has 0 radical (unpaired) electrons. The zero-order chi connectivity index (χ0) is 8.22. The van der Waals surface area contributed by atoms with Gasteiger partial charge >= 0.3 is 0 Å². The van der Waals surface area contributed by atoms with Crippen LogP contribution in [-0.4, -0.2) is 5.78 Å². The smallest absolute Gasteiger partial charge is 0.144 e. The van der Waals surface area contributed by atoms with Crippen LogP contribution in [0, 0.1) is 23.2 Å². The zero-order valence-corrected chi connectivity index (χ0v) is 7.55. The summed E-state index contributed by atoms with van der Waals surface area (Å²) >= 11 is 0. The normalized spacial score (nSPS) is 48.2. The van der Waals surface area contributed by atoms with Gasteiger partial charge in [-0.05, 0) is 24.7 Å². The van der Waals surface area contributed by atoms with Crippen LogP contribution in [0.5, 0.6) is 0 Å². The van der Waals surface area contributed by atoms with Crippen LogP contribution in [0.1, 0.15) is 33.6 Å². The molecule has 0 aromatic rings. The highest BCUT2D eigenvalue weighted by atomic mass is 16.1. The highest BCUT2D eigenvalue weighted by Gasteiger charge is 2.70. The Morgan fingerprint density at radius 1 is 1.55 bits per heavy atom. The summed E-state index contributed by atoms with van der Waals surface area (Å²) in [7, 11) is 0. The lowest BCUT2D eigenvalue weighted by Crippen LogP contribution is -2.10. The van der Waals surface area contributed by atoms with E-state index in [4.69, 9.17) is 0 Å². The number of fused-ring (bicyclic) bond motifs is 1. The van der Waals surface area contributed by atoms with Gasteiger partial charge in [0.1, 0.15) is 5.78 Å². The minimum absolute atomic E-state index is 0.152. The molecule has 0 aromatic carbocycles. The summed E-state index contributed by atoms with van der Waals surface area (Å²) in [6.07, 6.45) is 2.43. The van der Waals surface area contributed by atoms with E-state index in [1.165, 1.54) is 6.42 Å². The van der Waals surface area contributed by atoms with E-state index in [2.05, 4.69) is 20.8 Å². The van der Waals surface area contributed by atoms with Crippen molar-refractivity contribution >= 4 is 5.78 Å². The van der Waals surface area contributed by atoms with E-state index in [0.717, 1.165) is 6.42 Å². The third-order valence-corrected chi connectivity index (χ3v) is 3.83. The van der Waals surface area contributed by atoms with E-state index in [1.54, 1.807) is 0 Å². The average molecular weight is 152 g/mol. The Kier molecular flexibility index (Phi) is 1.25. The summed E-state index contributed by atoms with van der Waals surface area (Å²) < 4.78 is 0. The largest absolute Gasteiger partial charge is 0.299 e. The number of carbonyl (C=O) groups excluding carboxylic acids is 1. The van der Waals surface area contributed by atoms with Crippen LogP contribution in [0.2, 0.25) is 0 Å². The maximum atomic E-state index is 11.5. The molecule has 0 aliphatic heterocycles. The topological polar surface area (TPSA) is 17.1 Å². The van der Waals surface area contributed by atoms with Gasteiger partial charge in [0.05, 0.1) is 0 Å². The lowest BCUT2D eigenvalue weighted by atomic mass is 9.90. The van der Waals surface area contributed by atoms with Crippen molar-refractivity contribution in [1.82, 2.24) is 0 Å². The van der Waals surface area contributed by atoms with Crippen molar-refractivity contribution in [2.75, 3.05) is 0 Å². The van der Waals surface area contributed by atoms with Crippen molar-refractivity contribution in [1.29, 1.82) is 0 Å². The summed E-state index contributed by atoms with van der Waals surface area (Å²) in [5.74, 6) is 2.25. The molecular weight excluding hydrogens is 136 g/mol. The van der Waals surface area contributed by atoms with Crippen LogP contribution >= 0.6 is 0 Å². The molecule has 2 saturated carbocycles. The molecule has 0 spiro atoms. The fourth-order valence-electron chi connectivity index (χ4n) is 3.00. The van der Waals surface area contributed by atoms with Gasteiger partial charge in [0, 0.05) is 11.3 Å². The molecule has 2 aliphatic carbocycles. The monoisotopic (exact) mass is 152 g/mol. The molecule has 2 aliphatic rings. The number of ketones is 1. The Hall–Kier alpha value is -0.330. The van der Waals surface area contributed by atoms with Crippen molar-refractivity contribution in [3.05, 3.63) is 0 Å². The standard InChI is InChI=1S/C10H16O/c1-6(2)10-5-4-7(3)8(10)9(10)11/h6-8H,4-5H2,1-3H3/t7-,8-,10-/m1/s1. The van der Waals surface area contributed by atoms with Gasteiger partial charge in [-0.15, -0.1) is 0 Å². The van der Waals surface area contributed by atoms with Crippen molar-refractivity contribution < 1.29 is 4.79 Å². The second kappa shape index (κ2) is 1.88. The molecule has 3 atom stereocenters. The van der Waals surface area contributed by atoms with E-state index in [-0.39, 0.29) is 5.41 Å². The summed E-state index contributed by atoms with van der Waals surface area (Å²) in [4.78, 5) is 11.5. The van der Waals surface area contributed by atoms with Gasteiger partial charge in [-0.1, -0.05) is 20.8 Å². The summed E-state index contributed by atoms with van der Waals surface area (Å²) in [6, 6.07) is 0. The van der Waals surface area contributed by atoms with Gasteiger partial charge in [0.15, 0.2) is 0 Å². The summed E-state index contributed by atoms with van der Waals surface area (Å²) in [5.41, 5.74) is 0.152. The van der Waals surface area contributed by atoms with E-state index < -0.39 is 0 Å². The van der Waals surface area contributed by atoms with Crippen LogP contribution in [0.3, 0.4) is 0 Å². The molecule has 2 rings (SSSR count). The Morgan fingerprint density at radius 2 is 2.18 bits per heavy atom. The number of Topliss-reactive ketones (excluding diaryl/α,β-unsaturated/α-hetero) is 1. The fourth-order valence-corrected chi connectivity index (χ4v) is 3.00. The van der Waals surface area contributed by atoms with Crippen molar-refractivity contribution in [2.45, 2.75) is 33.6 Å². The van der Waals surface area contributed by atoms with E-state index in [1.807, 2.05) is 0 Å². The van der Waals surface area contributed by atoms with E-state index in [0.29, 0.717) is 23.5 Å². The second-order valence-corrected chi connectivity index (χ2v) is 4.55. The molecule has 0 amide bonds. The predicted octanol–water partition coefficient (Wildman–Crippen LogP) is 2.26. The van der Waals surface area contributed by atoms with Gasteiger partial charge in [-0.2, -0.15) is 0 Å². The maximum absolute atomic E-state index is 11.5. The molecule has 1 nitrogen and oxygen atoms in total. The van der Waals surface area contributed by atoms with E-state index >= 15 is 0 Å². The molecule has 11 heavy (non-hydrogen) atoms. The van der Waals surface area contributed by atoms with Gasteiger partial charge < -0.3 is 0 Å². The highest BCUT2D eigenvalue weighted by Crippen LogP contribution is 2.66. The average Bonchev–Trinajstić information content (AvgIpc) is 2.32. The van der Waals surface area contributed by atoms with Gasteiger partial charge in [-0.3, -0.25) is 4.79 Å². The molecule has 0 bridgehead atoms. The third kappa shape index (κ3) is 0.646. The third-order valence-electron chi connectivity index (χ3n) is 3.83. The molecule has 0 aromatic heterocycles. The van der Waals surface area contributed by atoms with Gasteiger partial charge in [0.25, 0.3) is 0 Å². The number of hydrogen-bond acceptors (Lipinski definition) is 1. The Labute approximate surface area is 68.2 Å². The summed E-state index contributed by atoms with van der Waals surface area (Å²) in [5, 5.41) is 0. The molecule has 1 heteroatoms. The Morgan fingerprint density at radius 3 is 2.45 bits per heavy atom. The lowest BCUT2D eigenvalue weighted by molar-refractivity contribution is -0.115. The highest BCUT2D eigenvalue weighted by molar-refractivity contribution is 6.05. The first kappa shape index (κ1) is 7.33. The number of rotatable bonds is 1. The molecule has 0 saturated heterocycles. The number of carbonyl (C=O) groups is 1. The fraction of sp³-hybridized carbons (Fsp3) is 0.900. The van der Waals surface area contributed by atoms with Crippen LogP contribution < -0.4 is 0 Å². The van der Waals surface area contributed by atoms with Crippen molar-refractivity contribution in [2.24, 2.45) is 23.2 Å². The molecule has 0 N–H and O–H groups in total. The van der Waals surface area contributed by atoms with Crippen molar-refractivity contribution in [3.63, 3.8) is 0 Å². The van der Waals surface area contributed by atoms with Crippen LogP contribution in [0.25, 0.3) is 0 Å². The van der Waals surface area contributed by atoms with Crippen molar-refractivity contribution in [3.8, 4) is 0 Å². The summed E-state index contributed by atoms with van der Waals surface area (Å²) in [6.45, 7) is 6.60. The molecule has 0 unspecified atom stereocenters. The van der Waals surface area contributed by atoms with Gasteiger partial charge in [0.2, 0.25) is 0 Å². The van der Waals surface area contributed by atoms with Gasteiger partial charge in [-0.25, -0.2) is 0 Å². The Balaban J connectivity index is 2.25. The maximum Gasteiger partial charge on any atom is 0.144 e. The molecular formula is C10H16O. The minimum Gasteiger partial charge on any atom is -0.299 e. The van der Waals surface area contributed by atoms with Crippen LogP contribution in [0.15, 0.2) is 0 Å². The molecule has 0 heterocycles. The zero-order valence-electron chi connectivity index (χ0n) is 7.55. The quantitative estimate of drug-likeness (QED) is 0.563. The first-order valence-electron chi connectivity index (χ1n) is 4.65. The predicted molar refractivity (Wildman–Crippen MR) is 44.2 cm³/mol. The Bertz CT molecular complexity index is 207. The molecule has 62 valence electrons. The second-order valence-electron chi connectivity index (χ2n) is 4.55. The first-order chi connectivity index (χ1) is 5.10. The van der Waals surface area contributed by atoms with Crippen LogP contribution in [-0.2, 0) is 4.79 Å². The van der Waals surface area contributed by atoms with E-state index in [9.17, 15) is 4.79 Å². The SMILES string of the molecule is CC(C)[C@]12CC[C@@H](C)[C@@H]1C2=O.